The first-order valence-electron chi connectivity index (χ1n) is 7.08. The van der Waals surface area contributed by atoms with Crippen molar-refractivity contribution in [1.82, 2.24) is 0 Å². The van der Waals surface area contributed by atoms with Crippen molar-refractivity contribution in [3.63, 3.8) is 0 Å². The summed E-state index contributed by atoms with van der Waals surface area (Å²) >= 11 is 0. The first-order chi connectivity index (χ1) is 9.96. The Hall–Kier alpha value is -1.97. The van der Waals surface area contributed by atoms with Gasteiger partial charge in [-0.05, 0) is 49.6 Å². The van der Waals surface area contributed by atoms with Crippen molar-refractivity contribution in [2.24, 2.45) is 5.41 Å². The van der Waals surface area contributed by atoms with Crippen molar-refractivity contribution in [2.45, 2.75) is 32.6 Å². The molecule has 0 bridgehead atoms. The maximum atomic E-state index is 12.8. The molecule has 0 aliphatic heterocycles. The molecule has 1 aromatic rings. The third kappa shape index (κ3) is 3.04. The molecular weight excluding hydrogens is 271 g/mol. The minimum Gasteiger partial charge on any atom is -0.489 e. The number of hydrogen-bond donors (Lipinski definition) is 0. The molecule has 0 N–H and O–H groups in total. The molecule has 1 unspecified atom stereocenters. The summed E-state index contributed by atoms with van der Waals surface area (Å²) in [6.07, 6.45) is 2.57. The predicted octanol–water partition coefficient (Wildman–Crippen LogP) is 3.48. The van der Waals surface area contributed by atoms with E-state index in [1.54, 1.807) is 0 Å². The molecule has 0 saturated heterocycles. The standard InChI is InChI=1S/C17H19FO3/c1-12(11-21-15-8-6-14(18)7-9-15)17(13(2)19)10-4-3-5-16(17)20/h6-9H,1,3-5,10-11H2,2H3. The number of halogens is 1. The largest absolute Gasteiger partial charge is 0.489 e. The Labute approximate surface area is 123 Å². The molecule has 1 fully saturated rings. The van der Waals surface area contributed by atoms with E-state index in [0.29, 0.717) is 24.2 Å². The Kier molecular flexibility index (Phi) is 4.56. The lowest BCUT2D eigenvalue weighted by Crippen LogP contribution is -2.43. The van der Waals surface area contributed by atoms with E-state index in [1.807, 2.05) is 0 Å². The summed E-state index contributed by atoms with van der Waals surface area (Å²) < 4.78 is 18.4. The van der Waals surface area contributed by atoms with E-state index in [9.17, 15) is 14.0 Å². The van der Waals surface area contributed by atoms with Gasteiger partial charge in [0.15, 0.2) is 5.78 Å². The summed E-state index contributed by atoms with van der Waals surface area (Å²) in [6, 6.07) is 5.60. The topological polar surface area (TPSA) is 43.4 Å². The third-order valence-corrected chi connectivity index (χ3v) is 4.11. The van der Waals surface area contributed by atoms with Crippen LogP contribution in [0.25, 0.3) is 0 Å². The zero-order chi connectivity index (χ0) is 15.5. The van der Waals surface area contributed by atoms with Crippen LogP contribution in [0.15, 0.2) is 36.4 Å². The average molecular weight is 290 g/mol. The number of Topliss-reactive ketones (excluding diaryl/α,β-unsaturated/α-hetero) is 2. The minimum absolute atomic E-state index is 0.0612. The highest BCUT2D eigenvalue weighted by Crippen LogP contribution is 2.40. The fraction of sp³-hybridized carbons (Fsp3) is 0.412. The predicted molar refractivity (Wildman–Crippen MR) is 77.6 cm³/mol. The van der Waals surface area contributed by atoms with Crippen molar-refractivity contribution < 1.29 is 18.7 Å². The number of carbonyl (C=O) groups excluding carboxylic acids is 2. The van der Waals surface area contributed by atoms with Crippen LogP contribution in [-0.2, 0) is 9.59 Å². The highest BCUT2D eigenvalue weighted by Gasteiger charge is 2.46. The third-order valence-electron chi connectivity index (χ3n) is 4.11. The first kappa shape index (κ1) is 15.4. The molecule has 3 nitrogen and oxygen atoms in total. The second-order valence-electron chi connectivity index (χ2n) is 5.44. The number of ketones is 2. The molecule has 0 amide bonds. The maximum Gasteiger partial charge on any atom is 0.150 e. The Bertz CT molecular complexity index is 562. The fourth-order valence-electron chi connectivity index (χ4n) is 2.85. The van der Waals surface area contributed by atoms with Gasteiger partial charge in [-0.15, -0.1) is 0 Å². The van der Waals surface area contributed by atoms with Crippen molar-refractivity contribution in [2.75, 3.05) is 6.61 Å². The van der Waals surface area contributed by atoms with Gasteiger partial charge >= 0.3 is 0 Å². The maximum absolute atomic E-state index is 12.8. The molecule has 1 aliphatic rings. The van der Waals surface area contributed by atoms with Crippen LogP contribution in [-0.4, -0.2) is 18.2 Å². The van der Waals surface area contributed by atoms with Gasteiger partial charge in [0.1, 0.15) is 29.4 Å². The molecule has 1 atom stereocenters. The first-order valence-corrected chi connectivity index (χ1v) is 7.08. The highest BCUT2D eigenvalue weighted by atomic mass is 19.1. The van der Waals surface area contributed by atoms with E-state index in [4.69, 9.17) is 4.74 Å². The normalized spacial score (nSPS) is 21.9. The van der Waals surface area contributed by atoms with Crippen LogP contribution < -0.4 is 4.74 Å². The number of ether oxygens (including phenoxy) is 1. The van der Waals surface area contributed by atoms with Crippen LogP contribution >= 0.6 is 0 Å². The molecule has 4 heteroatoms. The summed E-state index contributed by atoms with van der Waals surface area (Å²) in [4.78, 5) is 24.3. The van der Waals surface area contributed by atoms with Gasteiger partial charge in [0, 0.05) is 6.42 Å². The summed E-state index contributed by atoms with van der Waals surface area (Å²) in [5.74, 6) is -0.0859. The Morgan fingerprint density at radius 2 is 2.00 bits per heavy atom. The summed E-state index contributed by atoms with van der Waals surface area (Å²) in [5.41, 5.74) is -0.609. The van der Waals surface area contributed by atoms with E-state index in [1.165, 1.54) is 31.2 Å². The quantitative estimate of drug-likeness (QED) is 0.616. The van der Waals surface area contributed by atoms with Gasteiger partial charge in [0.25, 0.3) is 0 Å². The Balaban J connectivity index is 2.11. The summed E-state index contributed by atoms with van der Waals surface area (Å²) in [5, 5.41) is 0. The lowest BCUT2D eigenvalue weighted by atomic mass is 9.66. The zero-order valence-corrected chi connectivity index (χ0v) is 12.2. The monoisotopic (exact) mass is 290 g/mol. The molecule has 1 saturated carbocycles. The van der Waals surface area contributed by atoms with Crippen molar-refractivity contribution in [3.05, 3.63) is 42.2 Å². The minimum atomic E-state index is -1.10. The van der Waals surface area contributed by atoms with E-state index in [0.717, 1.165) is 12.8 Å². The van der Waals surface area contributed by atoms with Crippen LogP contribution in [0.4, 0.5) is 4.39 Å². The highest BCUT2D eigenvalue weighted by molar-refractivity contribution is 6.09. The number of benzene rings is 1. The van der Waals surface area contributed by atoms with Crippen molar-refractivity contribution in [1.29, 1.82) is 0 Å². The molecule has 21 heavy (non-hydrogen) atoms. The van der Waals surface area contributed by atoms with E-state index < -0.39 is 5.41 Å². The molecule has 1 aliphatic carbocycles. The summed E-state index contributed by atoms with van der Waals surface area (Å²) in [6.45, 7) is 5.43. The van der Waals surface area contributed by atoms with Crippen LogP contribution in [0.1, 0.15) is 32.6 Å². The van der Waals surface area contributed by atoms with Gasteiger partial charge < -0.3 is 4.74 Å². The molecule has 0 aromatic heterocycles. The fourth-order valence-corrected chi connectivity index (χ4v) is 2.85. The van der Waals surface area contributed by atoms with Gasteiger partial charge in [-0.2, -0.15) is 0 Å². The molecule has 0 heterocycles. The smallest absolute Gasteiger partial charge is 0.150 e. The number of rotatable bonds is 5. The second kappa shape index (κ2) is 6.20. The van der Waals surface area contributed by atoms with E-state index in [-0.39, 0.29) is 24.0 Å². The molecule has 2 rings (SSSR count). The molecule has 1 aromatic carbocycles. The van der Waals surface area contributed by atoms with Gasteiger partial charge in [-0.25, -0.2) is 4.39 Å². The van der Waals surface area contributed by atoms with Crippen molar-refractivity contribution in [3.8, 4) is 5.75 Å². The van der Waals surface area contributed by atoms with Crippen molar-refractivity contribution >= 4 is 11.6 Å². The van der Waals surface area contributed by atoms with Crippen LogP contribution in [0, 0.1) is 11.2 Å². The van der Waals surface area contributed by atoms with E-state index in [2.05, 4.69) is 6.58 Å². The lowest BCUT2D eigenvalue weighted by Gasteiger charge is -2.35. The van der Waals surface area contributed by atoms with Gasteiger partial charge in [-0.1, -0.05) is 13.0 Å². The number of hydrogen-bond acceptors (Lipinski definition) is 3. The summed E-state index contributed by atoms with van der Waals surface area (Å²) in [7, 11) is 0. The average Bonchev–Trinajstić information content (AvgIpc) is 2.46. The SMILES string of the molecule is C=C(COc1ccc(F)cc1)C1(C(C)=O)CCCCC1=O. The van der Waals surface area contributed by atoms with Crippen LogP contribution in [0.3, 0.4) is 0 Å². The second-order valence-corrected chi connectivity index (χ2v) is 5.44. The zero-order valence-electron chi connectivity index (χ0n) is 12.2. The lowest BCUT2D eigenvalue weighted by molar-refractivity contribution is -0.139. The van der Waals surface area contributed by atoms with Gasteiger partial charge in [-0.3, -0.25) is 9.59 Å². The van der Waals surface area contributed by atoms with E-state index >= 15 is 0 Å². The van der Waals surface area contributed by atoms with Gasteiger partial charge in [0.2, 0.25) is 0 Å². The molecule has 0 radical (unpaired) electrons. The van der Waals surface area contributed by atoms with Crippen LogP contribution in [0.5, 0.6) is 5.75 Å². The van der Waals surface area contributed by atoms with Crippen LogP contribution in [0.2, 0.25) is 0 Å². The van der Waals surface area contributed by atoms with Gasteiger partial charge in [0.05, 0.1) is 0 Å². The number of carbonyl (C=O) groups is 2. The Morgan fingerprint density at radius 1 is 1.33 bits per heavy atom. The molecule has 112 valence electrons. The molecular formula is C17H19FO3. The molecule has 0 spiro atoms. The Morgan fingerprint density at radius 3 is 2.57 bits per heavy atom.